The number of rotatable bonds is 14. The topological polar surface area (TPSA) is 162 Å². The van der Waals surface area contributed by atoms with Crippen molar-refractivity contribution in [2.24, 2.45) is 11.8 Å². The van der Waals surface area contributed by atoms with Crippen LogP contribution in [0.1, 0.15) is 49.8 Å². The molecule has 1 aliphatic rings. The highest BCUT2D eigenvalue weighted by Crippen LogP contribution is 2.43. The number of thioether (sulfide) groups is 1. The number of carbonyl (C=O) groups excluding carboxylic acids is 3. The number of Topliss-reactive ketones (excluding diaryl/α,β-unsaturated/α-hetero) is 1. The van der Waals surface area contributed by atoms with Gasteiger partial charge in [-0.25, -0.2) is 0 Å². The molecule has 1 saturated carbocycles. The molecule has 0 aromatic heterocycles. The van der Waals surface area contributed by atoms with Crippen molar-refractivity contribution in [2.75, 3.05) is 19.3 Å². The van der Waals surface area contributed by atoms with Gasteiger partial charge >= 0.3 is 11.9 Å². The second kappa shape index (κ2) is 14.6. The number of aliphatic carboxylic acids is 2. The number of carbonyl (C=O) groups is 5. The molecule has 2 amide bonds. The molecule has 5 atom stereocenters. The van der Waals surface area contributed by atoms with Gasteiger partial charge in [0.25, 0.3) is 0 Å². The van der Waals surface area contributed by atoms with Crippen molar-refractivity contribution < 1.29 is 34.2 Å². The first kappa shape index (κ1) is 29.3. The Morgan fingerprint density at radius 2 is 1.78 bits per heavy atom. The van der Waals surface area contributed by atoms with Crippen molar-refractivity contribution in [1.82, 2.24) is 16.0 Å². The molecule has 5 N–H and O–H groups in total. The van der Waals surface area contributed by atoms with Crippen LogP contribution in [-0.2, 0) is 24.0 Å². The van der Waals surface area contributed by atoms with E-state index in [2.05, 4.69) is 22.9 Å². The fraction of sp³-hybridized carbons (Fsp3) is 0.560. The minimum atomic E-state index is -1.22. The van der Waals surface area contributed by atoms with E-state index >= 15 is 0 Å². The second-order valence-corrected chi connectivity index (χ2v) is 10.2. The second-order valence-electron chi connectivity index (χ2n) is 9.07. The van der Waals surface area contributed by atoms with Gasteiger partial charge in [-0.1, -0.05) is 37.3 Å². The van der Waals surface area contributed by atoms with E-state index in [9.17, 15) is 24.0 Å². The third-order valence-corrected chi connectivity index (χ3v) is 7.73. The Morgan fingerprint density at radius 3 is 2.36 bits per heavy atom. The molecule has 3 unspecified atom stereocenters. The van der Waals surface area contributed by atoms with Crippen LogP contribution in [0.4, 0.5) is 0 Å². The van der Waals surface area contributed by atoms with Crippen LogP contribution < -0.4 is 16.0 Å². The largest absolute Gasteiger partial charge is 0.480 e. The lowest BCUT2D eigenvalue weighted by molar-refractivity contribution is -0.139. The Labute approximate surface area is 215 Å². The van der Waals surface area contributed by atoms with Gasteiger partial charge in [-0.05, 0) is 37.8 Å². The average molecular weight is 522 g/mol. The molecule has 2 rings (SSSR count). The highest BCUT2D eigenvalue weighted by molar-refractivity contribution is 7.99. The van der Waals surface area contributed by atoms with E-state index in [0.29, 0.717) is 12.3 Å². The molecule has 0 heterocycles. The molecule has 198 valence electrons. The summed E-state index contributed by atoms with van der Waals surface area (Å²) in [6.07, 6.45) is 2.05. The van der Waals surface area contributed by atoms with Crippen LogP contribution in [0, 0.1) is 11.8 Å². The summed E-state index contributed by atoms with van der Waals surface area (Å²) < 4.78 is 0. The van der Waals surface area contributed by atoms with E-state index in [1.807, 2.05) is 30.3 Å². The Morgan fingerprint density at radius 1 is 1.08 bits per heavy atom. The van der Waals surface area contributed by atoms with E-state index < -0.39 is 42.4 Å². The van der Waals surface area contributed by atoms with Crippen molar-refractivity contribution in [3.05, 3.63) is 35.9 Å². The van der Waals surface area contributed by atoms with Crippen LogP contribution in [0.3, 0.4) is 0 Å². The standard InChI is InChI=1S/C25H35N3O7S/c1-15-8-9-17(20(29)12-15)23(16-6-4-3-5-7-16)36-14-19(24(33)27-13-22(31)32)28-21(30)11-10-18(26-2)25(34)35/h3-7,15,17-19,23,26H,8-14H2,1-2H3,(H,27,33)(H,28,30)(H,31,32)(H,34,35)/t15?,17?,18-,19+,23?/m1/s1. The summed E-state index contributed by atoms with van der Waals surface area (Å²) in [6.45, 7) is 1.46. The van der Waals surface area contributed by atoms with E-state index in [4.69, 9.17) is 10.2 Å². The zero-order valence-electron chi connectivity index (χ0n) is 20.6. The molecule has 0 spiro atoms. The van der Waals surface area contributed by atoms with Gasteiger partial charge in [0.1, 0.15) is 24.4 Å². The Kier molecular flexibility index (Phi) is 11.9. The van der Waals surface area contributed by atoms with Crippen LogP contribution in [0.5, 0.6) is 0 Å². The van der Waals surface area contributed by atoms with Crippen molar-refractivity contribution in [2.45, 2.75) is 56.4 Å². The summed E-state index contributed by atoms with van der Waals surface area (Å²) in [4.78, 5) is 60.3. The Bertz CT molecular complexity index is 927. The fourth-order valence-corrected chi connectivity index (χ4v) is 5.74. The molecule has 1 aromatic carbocycles. The lowest BCUT2D eigenvalue weighted by atomic mass is 9.79. The molecular weight excluding hydrogens is 486 g/mol. The molecule has 1 fully saturated rings. The lowest BCUT2D eigenvalue weighted by Crippen LogP contribution is -2.49. The molecule has 1 aliphatic carbocycles. The summed E-state index contributed by atoms with van der Waals surface area (Å²) in [6, 6.07) is 7.57. The van der Waals surface area contributed by atoms with Gasteiger partial charge in [0.2, 0.25) is 11.8 Å². The predicted molar refractivity (Wildman–Crippen MR) is 135 cm³/mol. The molecule has 10 nitrogen and oxygen atoms in total. The predicted octanol–water partition coefficient (Wildman–Crippen LogP) is 1.60. The van der Waals surface area contributed by atoms with Crippen molar-refractivity contribution >= 4 is 41.3 Å². The summed E-state index contributed by atoms with van der Waals surface area (Å²) in [5.74, 6) is -3.08. The van der Waals surface area contributed by atoms with Crippen LogP contribution >= 0.6 is 11.8 Å². The number of likely N-dealkylation sites (N-methyl/N-ethyl adjacent to an activating group) is 1. The third kappa shape index (κ3) is 9.27. The first-order valence-corrected chi connectivity index (χ1v) is 13.0. The maximum absolute atomic E-state index is 12.9. The molecule has 0 saturated heterocycles. The van der Waals surface area contributed by atoms with Crippen molar-refractivity contribution in [3.8, 4) is 0 Å². The van der Waals surface area contributed by atoms with Crippen molar-refractivity contribution in [3.63, 3.8) is 0 Å². The van der Waals surface area contributed by atoms with Gasteiger partial charge in [0.05, 0.1) is 0 Å². The van der Waals surface area contributed by atoms with E-state index in [0.717, 1.165) is 18.4 Å². The Hall–Kier alpha value is -2.92. The minimum absolute atomic E-state index is 0.0235. The third-order valence-electron chi connectivity index (χ3n) is 6.24. The highest BCUT2D eigenvalue weighted by atomic mass is 32.2. The minimum Gasteiger partial charge on any atom is -0.480 e. The molecule has 11 heteroatoms. The highest BCUT2D eigenvalue weighted by Gasteiger charge is 2.35. The Balaban J connectivity index is 2.15. The monoisotopic (exact) mass is 521 g/mol. The first-order valence-electron chi connectivity index (χ1n) is 12.0. The van der Waals surface area contributed by atoms with Gasteiger partial charge in [-0.2, -0.15) is 11.8 Å². The number of ketones is 1. The number of carboxylic acids is 2. The molecule has 0 bridgehead atoms. The average Bonchev–Trinajstić information content (AvgIpc) is 2.83. The number of amides is 2. The maximum Gasteiger partial charge on any atom is 0.322 e. The smallest absolute Gasteiger partial charge is 0.322 e. The van der Waals surface area contributed by atoms with Crippen LogP contribution in [0.25, 0.3) is 0 Å². The summed E-state index contributed by atoms with van der Waals surface area (Å²) in [7, 11) is 1.48. The normalized spacial score (nSPS) is 20.1. The van der Waals surface area contributed by atoms with Gasteiger partial charge < -0.3 is 26.2 Å². The van der Waals surface area contributed by atoms with Gasteiger partial charge in [-0.3, -0.25) is 24.0 Å². The van der Waals surface area contributed by atoms with Crippen LogP contribution in [0.15, 0.2) is 30.3 Å². The van der Waals surface area contributed by atoms with Crippen LogP contribution in [-0.4, -0.2) is 71.2 Å². The lowest BCUT2D eigenvalue weighted by Gasteiger charge is -2.32. The first-order chi connectivity index (χ1) is 17.1. The van der Waals surface area contributed by atoms with Crippen molar-refractivity contribution in [1.29, 1.82) is 0 Å². The number of benzene rings is 1. The zero-order chi connectivity index (χ0) is 26.7. The summed E-state index contributed by atoms with van der Waals surface area (Å²) in [5, 5.41) is 25.4. The number of nitrogens with one attached hydrogen (secondary N) is 3. The quantitative estimate of drug-likeness (QED) is 0.245. The SMILES string of the molecule is CN[C@H](CCC(=O)N[C@@H](CSC(c1ccccc1)C1CCC(C)CC1=O)C(=O)NCC(=O)O)C(=O)O. The number of hydrogen-bond acceptors (Lipinski definition) is 7. The molecule has 0 aliphatic heterocycles. The zero-order valence-corrected chi connectivity index (χ0v) is 21.4. The summed E-state index contributed by atoms with van der Waals surface area (Å²) in [5.41, 5.74) is 0.949. The van der Waals surface area contributed by atoms with Gasteiger partial charge in [0, 0.05) is 29.8 Å². The maximum atomic E-state index is 12.9. The molecular formula is C25H35N3O7S. The summed E-state index contributed by atoms with van der Waals surface area (Å²) >= 11 is 1.38. The molecule has 36 heavy (non-hydrogen) atoms. The molecule has 1 aromatic rings. The fourth-order valence-electron chi connectivity index (χ4n) is 4.23. The number of hydrogen-bond donors (Lipinski definition) is 5. The number of carboxylic acid groups (broad SMARTS) is 2. The van der Waals surface area contributed by atoms with E-state index in [1.54, 1.807) is 0 Å². The van der Waals surface area contributed by atoms with E-state index in [1.165, 1.54) is 18.8 Å². The van der Waals surface area contributed by atoms with Crippen LogP contribution in [0.2, 0.25) is 0 Å². The van der Waals surface area contributed by atoms with E-state index in [-0.39, 0.29) is 35.5 Å². The van der Waals surface area contributed by atoms with Gasteiger partial charge in [-0.15, -0.1) is 0 Å². The molecule has 0 radical (unpaired) electrons. The van der Waals surface area contributed by atoms with Gasteiger partial charge in [0.15, 0.2) is 0 Å².